The van der Waals surface area contributed by atoms with Crippen LogP contribution in [-0.4, -0.2) is 10.4 Å². The highest BCUT2D eigenvalue weighted by Crippen LogP contribution is 2.53. The molecule has 7 aromatic rings. The van der Waals surface area contributed by atoms with Crippen LogP contribution in [0, 0.1) is 0 Å². The van der Waals surface area contributed by atoms with E-state index in [1.54, 1.807) is 0 Å². The van der Waals surface area contributed by atoms with Gasteiger partial charge in [-0.2, -0.15) is 0 Å². The van der Waals surface area contributed by atoms with Crippen LogP contribution in [0.1, 0.15) is 74.3 Å². The Morgan fingerprint density at radius 2 is 1.24 bits per heavy atom. The number of benzene rings is 6. The smallest absolute Gasteiger partial charge is 0.193 e. The van der Waals surface area contributed by atoms with Crippen LogP contribution in [0.5, 0.6) is 0 Å². The molecule has 0 bridgehead atoms. The van der Waals surface area contributed by atoms with Gasteiger partial charge in [0.25, 0.3) is 0 Å². The van der Waals surface area contributed by atoms with Crippen molar-refractivity contribution in [3.05, 3.63) is 171 Å². The molecule has 0 amide bonds. The number of hydrogen-bond donors (Lipinski definition) is 0. The quantitative estimate of drug-likeness (QED) is 0.190. The molecule has 2 nitrogen and oxygen atoms in total. The summed E-state index contributed by atoms with van der Waals surface area (Å²) in [5, 5.41) is 2.65. The van der Waals surface area contributed by atoms with E-state index in [-0.39, 0.29) is 11.2 Å². The molecule has 1 aromatic heterocycles. The first-order valence-electron chi connectivity index (χ1n) is 16.0. The molecule has 0 atom stereocenters. The highest BCUT2D eigenvalue weighted by atomic mass is 16.1. The number of aromatic nitrogens is 1. The van der Waals surface area contributed by atoms with Gasteiger partial charge in [-0.1, -0.05) is 98.8 Å². The summed E-state index contributed by atoms with van der Waals surface area (Å²) >= 11 is 0. The zero-order valence-corrected chi connectivity index (χ0v) is 25.4. The van der Waals surface area contributed by atoms with Gasteiger partial charge in [-0.3, -0.25) is 4.79 Å². The minimum Gasteiger partial charge on any atom is -0.309 e. The second-order valence-electron chi connectivity index (χ2n) is 13.7. The van der Waals surface area contributed by atoms with Crippen molar-refractivity contribution in [2.45, 2.75) is 38.5 Å². The zero-order chi connectivity index (χ0) is 30.0. The summed E-state index contributed by atoms with van der Waals surface area (Å²) in [5.74, 6) is 0.166. The maximum absolute atomic E-state index is 13.4. The monoisotopic (exact) mass is 577 g/mol. The van der Waals surface area contributed by atoms with Gasteiger partial charge in [0.2, 0.25) is 0 Å². The average molecular weight is 578 g/mol. The van der Waals surface area contributed by atoms with Crippen LogP contribution in [0.2, 0.25) is 0 Å². The van der Waals surface area contributed by atoms with Gasteiger partial charge in [0, 0.05) is 33.0 Å². The molecule has 0 N–H and O–H groups in total. The molecule has 10 rings (SSSR count). The van der Waals surface area contributed by atoms with E-state index in [1.807, 2.05) is 18.2 Å². The number of hydrogen-bond acceptors (Lipinski definition) is 1. The Bertz CT molecular complexity index is 2450. The number of carbonyl (C=O) groups excluding carboxylic acids is 1. The van der Waals surface area contributed by atoms with Crippen molar-refractivity contribution in [3.8, 4) is 16.8 Å². The van der Waals surface area contributed by atoms with Crippen molar-refractivity contribution in [1.29, 1.82) is 0 Å². The van der Waals surface area contributed by atoms with Crippen molar-refractivity contribution in [2.24, 2.45) is 0 Å². The topological polar surface area (TPSA) is 22.0 Å². The molecule has 0 radical (unpaired) electrons. The van der Waals surface area contributed by atoms with Gasteiger partial charge in [-0.05, 0) is 105 Å². The summed E-state index contributed by atoms with van der Waals surface area (Å²) in [4.78, 5) is 13.4. The molecule has 0 fully saturated rings. The lowest BCUT2D eigenvalue weighted by Crippen LogP contribution is -2.18. The lowest BCUT2D eigenvalue weighted by Gasteiger charge is -2.25. The third kappa shape index (κ3) is 3.32. The second-order valence-corrected chi connectivity index (χ2v) is 13.7. The number of para-hydroxylation sites is 1. The number of carbonyl (C=O) groups is 1. The third-order valence-electron chi connectivity index (χ3n) is 10.9. The molecule has 0 saturated carbocycles. The molecule has 6 aromatic carbocycles. The van der Waals surface area contributed by atoms with Gasteiger partial charge >= 0.3 is 0 Å². The van der Waals surface area contributed by atoms with E-state index in [1.165, 1.54) is 72.0 Å². The van der Waals surface area contributed by atoms with Crippen LogP contribution >= 0.6 is 0 Å². The van der Waals surface area contributed by atoms with E-state index in [4.69, 9.17) is 0 Å². The molecule has 0 spiro atoms. The van der Waals surface area contributed by atoms with Crippen LogP contribution in [-0.2, 0) is 24.7 Å². The minimum atomic E-state index is -0.0333. The first kappa shape index (κ1) is 25.2. The van der Waals surface area contributed by atoms with E-state index >= 15 is 0 Å². The summed E-state index contributed by atoms with van der Waals surface area (Å²) in [5.41, 5.74) is 18.6. The largest absolute Gasteiger partial charge is 0.309 e. The Morgan fingerprint density at radius 1 is 0.533 bits per heavy atom. The lowest BCUT2D eigenvalue weighted by molar-refractivity contribution is 0.103. The molecule has 3 aliphatic carbocycles. The highest BCUT2D eigenvalue weighted by molar-refractivity contribution is 6.18. The van der Waals surface area contributed by atoms with Crippen molar-refractivity contribution < 1.29 is 4.79 Å². The third-order valence-corrected chi connectivity index (χ3v) is 10.9. The molecule has 0 saturated heterocycles. The van der Waals surface area contributed by atoms with E-state index in [0.717, 1.165) is 41.5 Å². The molecular weight excluding hydrogens is 546 g/mol. The Morgan fingerprint density at radius 3 is 2.16 bits per heavy atom. The molecule has 1 heterocycles. The number of nitrogens with zero attached hydrogens (tertiary/aromatic N) is 1. The molecule has 0 unspecified atom stereocenters. The fourth-order valence-corrected chi connectivity index (χ4v) is 8.70. The van der Waals surface area contributed by atoms with Gasteiger partial charge in [0.15, 0.2) is 5.78 Å². The van der Waals surface area contributed by atoms with Crippen LogP contribution in [0.25, 0.3) is 38.6 Å². The number of ketones is 1. The number of rotatable bonds is 1. The van der Waals surface area contributed by atoms with Crippen molar-refractivity contribution >= 4 is 27.6 Å². The fraction of sp³-hybridized carbons (Fsp3) is 0.140. The van der Waals surface area contributed by atoms with Gasteiger partial charge in [-0.25, -0.2) is 0 Å². The Labute approximate surface area is 262 Å². The fourth-order valence-electron chi connectivity index (χ4n) is 8.70. The zero-order valence-electron chi connectivity index (χ0n) is 25.4. The summed E-state index contributed by atoms with van der Waals surface area (Å²) in [6, 6.07) is 42.1. The van der Waals surface area contributed by atoms with Crippen LogP contribution in [0.15, 0.2) is 115 Å². The molecule has 3 aliphatic rings. The Kier molecular flexibility index (Phi) is 4.86. The maximum atomic E-state index is 13.4. The normalized spacial score (nSPS) is 15.3. The van der Waals surface area contributed by atoms with E-state index in [2.05, 4.69) is 115 Å². The van der Waals surface area contributed by atoms with Crippen molar-refractivity contribution in [2.75, 3.05) is 0 Å². The minimum absolute atomic E-state index is 0.0333. The summed E-state index contributed by atoms with van der Waals surface area (Å²) in [6.07, 6.45) is 2.57. The predicted octanol–water partition coefficient (Wildman–Crippen LogP) is 9.72. The first-order valence-corrected chi connectivity index (χ1v) is 16.0. The lowest BCUT2D eigenvalue weighted by atomic mass is 9.78. The molecular formula is C43H31NO. The Balaban J connectivity index is 1.13. The Hall–Kier alpha value is -5.21. The van der Waals surface area contributed by atoms with E-state index < -0.39 is 0 Å². The summed E-state index contributed by atoms with van der Waals surface area (Å²) in [6.45, 7) is 4.71. The number of fused-ring (bicyclic) bond motifs is 11. The van der Waals surface area contributed by atoms with Gasteiger partial charge in [0.1, 0.15) is 0 Å². The maximum Gasteiger partial charge on any atom is 0.193 e. The average Bonchev–Trinajstić information content (AvgIpc) is 3.52. The second kappa shape index (κ2) is 8.70. The standard InChI is InChI=1S/C43H31NO/c1-43(2)36-13-7-5-11-33(36)40-37(43)17-18-39-41(40)34-12-6-8-14-38(34)44(39)31-16-15-25-19-29-24-35-30(22-27(29)21-28(25)23-31)20-26-9-3-4-10-32(26)42(35)45/h3-18,22-24H,19-21H2,1-2H3. The van der Waals surface area contributed by atoms with Crippen molar-refractivity contribution in [1.82, 2.24) is 4.57 Å². The van der Waals surface area contributed by atoms with Crippen molar-refractivity contribution in [3.63, 3.8) is 0 Å². The molecule has 45 heavy (non-hydrogen) atoms. The van der Waals surface area contributed by atoms with Crippen LogP contribution < -0.4 is 0 Å². The molecule has 0 aliphatic heterocycles. The highest BCUT2D eigenvalue weighted by Gasteiger charge is 2.37. The summed E-state index contributed by atoms with van der Waals surface area (Å²) in [7, 11) is 0. The molecule has 2 heteroatoms. The summed E-state index contributed by atoms with van der Waals surface area (Å²) < 4.78 is 2.47. The predicted molar refractivity (Wildman–Crippen MR) is 183 cm³/mol. The van der Waals surface area contributed by atoms with Gasteiger partial charge in [-0.15, -0.1) is 0 Å². The first-order chi connectivity index (χ1) is 22.0. The van der Waals surface area contributed by atoms with Crippen LogP contribution in [0.3, 0.4) is 0 Å². The van der Waals surface area contributed by atoms with Gasteiger partial charge in [0.05, 0.1) is 11.0 Å². The van der Waals surface area contributed by atoms with E-state index in [0.29, 0.717) is 0 Å². The molecule has 214 valence electrons. The van der Waals surface area contributed by atoms with Crippen LogP contribution in [0.4, 0.5) is 0 Å². The van der Waals surface area contributed by atoms with E-state index in [9.17, 15) is 4.79 Å². The van der Waals surface area contributed by atoms with Gasteiger partial charge < -0.3 is 4.57 Å². The SMILES string of the molecule is CC1(C)c2ccccc2-c2c1ccc1c2c2ccccc2n1-c1ccc2c(c1)Cc1cc3c(cc1C2)C(=O)c1ccccc1C3.